The van der Waals surface area contributed by atoms with Crippen molar-refractivity contribution in [1.82, 2.24) is 5.32 Å². The standard InChI is InChI=1S/C13H18FNO2S/c1-3-7-15-13(16)10(2)18(17)9-11-5-4-6-12(14)8-11/h4-6,8,10H,3,7,9H2,1-2H3,(H,15,16)/t10-,18-/m1/s1. The Morgan fingerprint density at radius 3 is 2.83 bits per heavy atom. The third kappa shape index (κ3) is 4.56. The highest BCUT2D eigenvalue weighted by molar-refractivity contribution is 7.85. The topological polar surface area (TPSA) is 46.2 Å². The summed E-state index contributed by atoms with van der Waals surface area (Å²) in [5, 5.41) is 2.12. The van der Waals surface area contributed by atoms with Crippen LogP contribution in [0.25, 0.3) is 0 Å². The summed E-state index contributed by atoms with van der Waals surface area (Å²) in [7, 11) is -1.34. The lowest BCUT2D eigenvalue weighted by atomic mass is 10.2. The molecule has 100 valence electrons. The molecule has 1 aromatic carbocycles. The zero-order chi connectivity index (χ0) is 13.5. The predicted octanol–water partition coefficient (Wildman–Crippen LogP) is 1.99. The SMILES string of the molecule is CCCNC(=O)[C@@H](C)[S@](=O)Cc1cccc(F)c1. The minimum Gasteiger partial charge on any atom is -0.355 e. The summed E-state index contributed by atoms with van der Waals surface area (Å²) in [6, 6.07) is 5.96. The Morgan fingerprint density at radius 2 is 2.22 bits per heavy atom. The molecule has 18 heavy (non-hydrogen) atoms. The van der Waals surface area contributed by atoms with E-state index >= 15 is 0 Å². The molecule has 0 fully saturated rings. The molecule has 1 aromatic rings. The lowest BCUT2D eigenvalue weighted by molar-refractivity contribution is -0.120. The van der Waals surface area contributed by atoms with Gasteiger partial charge in [-0.3, -0.25) is 9.00 Å². The smallest absolute Gasteiger partial charge is 0.235 e. The molecule has 0 aliphatic heterocycles. The summed E-state index contributed by atoms with van der Waals surface area (Å²) in [5.74, 6) is -0.377. The van der Waals surface area contributed by atoms with Crippen molar-refractivity contribution in [1.29, 1.82) is 0 Å². The van der Waals surface area contributed by atoms with E-state index in [-0.39, 0.29) is 17.5 Å². The number of rotatable bonds is 6. The van der Waals surface area contributed by atoms with Gasteiger partial charge in [0.05, 0.1) is 0 Å². The highest BCUT2D eigenvalue weighted by Gasteiger charge is 2.19. The molecular formula is C13H18FNO2S. The summed E-state index contributed by atoms with van der Waals surface area (Å²) in [4.78, 5) is 11.6. The Bertz CT molecular complexity index is 437. The van der Waals surface area contributed by atoms with Crippen LogP contribution in [-0.2, 0) is 21.3 Å². The summed E-state index contributed by atoms with van der Waals surface area (Å²) in [6.45, 7) is 4.16. The number of hydrogen-bond donors (Lipinski definition) is 1. The monoisotopic (exact) mass is 271 g/mol. The number of amides is 1. The number of carbonyl (C=O) groups excluding carboxylic acids is 1. The Balaban J connectivity index is 2.57. The van der Waals surface area contributed by atoms with Gasteiger partial charge in [-0.1, -0.05) is 19.1 Å². The second-order valence-electron chi connectivity index (χ2n) is 4.09. The van der Waals surface area contributed by atoms with Gasteiger partial charge in [0.25, 0.3) is 0 Å². The number of hydrogen-bond acceptors (Lipinski definition) is 2. The van der Waals surface area contributed by atoms with Gasteiger partial charge in [0.15, 0.2) is 0 Å². The molecule has 0 spiro atoms. The Kier molecular flexibility index (Phi) is 5.98. The van der Waals surface area contributed by atoms with Gasteiger partial charge in [-0.15, -0.1) is 0 Å². The van der Waals surface area contributed by atoms with Crippen LogP contribution in [-0.4, -0.2) is 21.9 Å². The van der Waals surface area contributed by atoms with Crippen LogP contribution in [0.1, 0.15) is 25.8 Å². The maximum absolute atomic E-state index is 13.0. The van der Waals surface area contributed by atoms with Crippen molar-refractivity contribution in [3.05, 3.63) is 35.6 Å². The second-order valence-corrected chi connectivity index (χ2v) is 5.85. The molecule has 1 N–H and O–H groups in total. The van der Waals surface area contributed by atoms with E-state index in [4.69, 9.17) is 0 Å². The highest BCUT2D eigenvalue weighted by atomic mass is 32.2. The molecule has 0 saturated heterocycles. The van der Waals surface area contributed by atoms with Gasteiger partial charge in [0.1, 0.15) is 11.1 Å². The maximum Gasteiger partial charge on any atom is 0.235 e. The van der Waals surface area contributed by atoms with Gasteiger partial charge in [0.2, 0.25) is 5.91 Å². The van der Waals surface area contributed by atoms with E-state index in [0.29, 0.717) is 12.1 Å². The van der Waals surface area contributed by atoms with E-state index in [1.54, 1.807) is 19.1 Å². The zero-order valence-corrected chi connectivity index (χ0v) is 11.4. The first kappa shape index (κ1) is 14.8. The van der Waals surface area contributed by atoms with Crippen LogP contribution in [0.2, 0.25) is 0 Å². The van der Waals surface area contributed by atoms with E-state index in [2.05, 4.69) is 5.32 Å². The number of nitrogens with one attached hydrogen (secondary N) is 1. The number of halogens is 1. The van der Waals surface area contributed by atoms with E-state index in [9.17, 15) is 13.4 Å². The molecule has 3 nitrogen and oxygen atoms in total. The van der Waals surface area contributed by atoms with E-state index in [1.807, 2.05) is 6.92 Å². The van der Waals surface area contributed by atoms with Gasteiger partial charge in [-0.2, -0.15) is 0 Å². The average Bonchev–Trinajstić information content (AvgIpc) is 2.35. The Labute approximate surface area is 109 Å². The first-order valence-corrected chi connectivity index (χ1v) is 7.32. The molecular weight excluding hydrogens is 253 g/mol. The van der Waals surface area contributed by atoms with Crippen LogP contribution < -0.4 is 5.32 Å². The van der Waals surface area contributed by atoms with Crippen LogP contribution >= 0.6 is 0 Å². The van der Waals surface area contributed by atoms with Gasteiger partial charge < -0.3 is 5.32 Å². The summed E-state index contributed by atoms with van der Waals surface area (Å²) < 4.78 is 24.9. The fourth-order valence-electron chi connectivity index (χ4n) is 1.43. The summed E-state index contributed by atoms with van der Waals surface area (Å²) in [6.07, 6.45) is 0.842. The molecule has 0 unspecified atom stereocenters. The molecule has 5 heteroatoms. The minimum atomic E-state index is -1.34. The Morgan fingerprint density at radius 1 is 1.50 bits per heavy atom. The lowest BCUT2D eigenvalue weighted by Crippen LogP contribution is -2.36. The molecule has 0 aliphatic rings. The van der Waals surface area contributed by atoms with Crippen molar-refractivity contribution >= 4 is 16.7 Å². The molecule has 0 aliphatic carbocycles. The van der Waals surface area contributed by atoms with Crippen LogP contribution in [0.4, 0.5) is 4.39 Å². The maximum atomic E-state index is 13.0. The first-order chi connectivity index (χ1) is 8.54. The summed E-state index contributed by atoms with van der Waals surface area (Å²) >= 11 is 0. The van der Waals surface area contributed by atoms with Crippen LogP contribution in [0.5, 0.6) is 0 Å². The molecule has 0 heterocycles. The van der Waals surface area contributed by atoms with E-state index in [1.165, 1.54) is 12.1 Å². The largest absolute Gasteiger partial charge is 0.355 e. The Hall–Kier alpha value is -1.23. The molecule has 2 atom stereocenters. The molecule has 0 saturated carbocycles. The van der Waals surface area contributed by atoms with Crippen molar-refractivity contribution < 1.29 is 13.4 Å². The van der Waals surface area contributed by atoms with Crippen molar-refractivity contribution in [2.45, 2.75) is 31.3 Å². The predicted molar refractivity (Wildman–Crippen MR) is 71.0 cm³/mol. The lowest BCUT2D eigenvalue weighted by Gasteiger charge is -2.11. The second kappa shape index (κ2) is 7.26. The van der Waals surface area contributed by atoms with Crippen molar-refractivity contribution in [2.75, 3.05) is 6.54 Å². The van der Waals surface area contributed by atoms with Crippen LogP contribution in [0.3, 0.4) is 0 Å². The summed E-state index contributed by atoms with van der Waals surface area (Å²) in [5.41, 5.74) is 0.642. The van der Waals surface area contributed by atoms with E-state index in [0.717, 1.165) is 6.42 Å². The first-order valence-electron chi connectivity index (χ1n) is 5.94. The van der Waals surface area contributed by atoms with Crippen LogP contribution in [0.15, 0.2) is 24.3 Å². The fraction of sp³-hybridized carbons (Fsp3) is 0.462. The third-order valence-corrected chi connectivity index (χ3v) is 4.13. The van der Waals surface area contributed by atoms with Gasteiger partial charge >= 0.3 is 0 Å². The minimum absolute atomic E-state index is 0.193. The molecule has 1 amide bonds. The number of carbonyl (C=O) groups is 1. The van der Waals surface area contributed by atoms with Crippen LogP contribution in [0, 0.1) is 5.82 Å². The molecule has 0 radical (unpaired) electrons. The quantitative estimate of drug-likeness (QED) is 0.860. The average molecular weight is 271 g/mol. The van der Waals surface area contributed by atoms with Crippen molar-refractivity contribution in [3.8, 4) is 0 Å². The molecule has 0 aromatic heterocycles. The van der Waals surface area contributed by atoms with E-state index < -0.39 is 16.0 Å². The molecule has 0 bridgehead atoms. The highest BCUT2D eigenvalue weighted by Crippen LogP contribution is 2.09. The molecule has 1 rings (SSSR count). The van der Waals surface area contributed by atoms with Gasteiger partial charge in [0, 0.05) is 23.1 Å². The van der Waals surface area contributed by atoms with Gasteiger partial charge in [-0.25, -0.2) is 4.39 Å². The van der Waals surface area contributed by atoms with Gasteiger partial charge in [-0.05, 0) is 31.0 Å². The fourth-order valence-corrected chi connectivity index (χ4v) is 2.51. The third-order valence-electron chi connectivity index (χ3n) is 2.51. The number of benzene rings is 1. The van der Waals surface area contributed by atoms with Crippen molar-refractivity contribution in [3.63, 3.8) is 0 Å². The normalized spacial score (nSPS) is 13.9. The van der Waals surface area contributed by atoms with Crippen molar-refractivity contribution in [2.24, 2.45) is 0 Å². The zero-order valence-electron chi connectivity index (χ0n) is 10.6.